The summed E-state index contributed by atoms with van der Waals surface area (Å²) < 4.78 is 15.1. The van der Waals surface area contributed by atoms with Gasteiger partial charge in [-0.25, -0.2) is 4.39 Å². The van der Waals surface area contributed by atoms with E-state index in [4.69, 9.17) is 11.6 Å². The largest absolute Gasteiger partial charge is 0.373 e. The maximum atomic E-state index is 15.1. The molecule has 2 spiro atoms. The zero-order valence-corrected chi connectivity index (χ0v) is 17.5. The Morgan fingerprint density at radius 1 is 1.14 bits per heavy atom. The van der Waals surface area contributed by atoms with Crippen molar-refractivity contribution in [1.29, 1.82) is 0 Å². The van der Waals surface area contributed by atoms with Crippen LogP contribution in [0, 0.1) is 18.2 Å². The van der Waals surface area contributed by atoms with E-state index in [1.165, 1.54) is 5.56 Å². The average molecular weight is 400 g/mol. The number of rotatable bonds is 1. The van der Waals surface area contributed by atoms with E-state index >= 15 is 4.39 Å². The van der Waals surface area contributed by atoms with E-state index < -0.39 is 0 Å². The summed E-state index contributed by atoms with van der Waals surface area (Å²) in [6.07, 6.45) is 6.22. The molecule has 3 heterocycles. The number of pyridine rings is 1. The first-order valence-electron chi connectivity index (χ1n) is 10.2. The predicted octanol–water partition coefficient (Wildman–Crippen LogP) is 5.53. The van der Waals surface area contributed by atoms with Crippen LogP contribution >= 0.6 is 11.6 Å². The van der Waals surface area contributed by atoms with Crippen LogP contribution in [0.4, 0.5) is 10.1 Å². The molecule has 0 bridgehead atoms. The van der Waals surface area contributed by atoms with Gasteiger partial charge in [0.05, 0.1) is 11.2 Å². The number of nitrogens with one attached hydrogen (secondary N) is 2. The monoisotopic (exact) mass is 399 g/mol. The summed E-state index contributed by atoms with van der Waals surface area (Å²) in [7, 11) is 0. The first kappa shape index (κ1) is 18.4. The van der Waals surface area contributed by atoms with Gasteiger partial charge in [-0.05, 0) is 61.8 Å². The molecule has 2 aliphatic heterocycles. The molecule has 1 aliphatic carbocycles. The van der Waals surface area contributed by atoms with Gasteiger partial charge in [0.2, 0.25) is 0 Å². The number of halogens is 2. The van der Waals surface area contributed by atoms with Crippen LogP contribution in [0.15, 0.2) is 30.5 Å². The Kier molecular flexibility index (Phi) is 3.89. The smallest absolute Gasteiger partial charge is 0.148 e. The second kappa shape index (κ2) is 5.93. The second-order valence-corrected chi connectivity index (χ2v) is 10.0. The molecule has 1 aromatic carbocycles. The van der Waals surface area contributed by atoms with Crippen molar-refractivity contribution < 1.29 is 4.39 Å². The Labute approximate surface area is 171 Å². The molecule has 2 N–H and O–H groups in total. The molecule has 1 saturated carbocycles. The van der Waals surface area contributed by atoms with Crippen LogP contribution in [-0.4, -0.2) is 17.1 Å². The average Bonchev–Trinajstić information content (AvgIpc) is 2.96. The van der Waals surface area contributed by atoms with E-state index in [2.05, 4.69) is 35.5 Å². The molecule has 5 heteroatoms. The number of hydrogen-bond acceptors (Lipinski definition) is 3. The number of fused-ring (bicyclic) bond motifs is 3. The van der Waals surface area contributed by atoms with E-state index in [1.54, 1.807) is 13.1 Å². The predicted molar refractivity (Wildman–Crippen MR) is 111 cm³/mol. The van der Waals surface area contributed by atoms with Crippen LogP contribution in [-0.2, 0) is 5.54 Å². The van der Waals surface area contributed by atoms with E-state index in [1.807, 2.05) is 18.2 Å². The molecule has 0 radical (unpaired) electrons. The molecule has 148 valence electrons. The minimum absolute atomic E-state index is 0.0177. The summed E-state index contributed by atoms with van der Waals surface area (Å²) in [6.45, 7) is 7.21. The second-order valence-electron chi connectivity index (χ2n) is 9.60. The molecule has 2 unspecified atom stereocenters. The topological polar surface area (TPSA) is 37.0 Å². The molecule has 2 aromatic rings. The fourth-order valence-corrected chi connectivity index (χ4v) is 6.03. The van der Waals surface area contributed by atoms with Crippen molar-refractivity contribution in [2.75, 3.05) is 11.9 Å². The Hall–Kier alpha value is -1.65. The highest BCUT2D eigenvalue weighted by atomic mass is 35.5. The molecular formula is C23H27ClFN3. The lowest BCUT2D eigenvalue weighted by atomic mass is 9.55. The number of anilines is 1. The molecule has 3 aliphatic rings. The molecule has 2 atom stereocenters. The SMILES string of the molecule is Cc1nccc(C2CNC3(CCC(C)(C)CC3)C23Nc2cc(Cl)ccc23)c1F. The molecule has 1 aromatic heterocycles. The zero-order valence-electron chi connectivity index (χ0n) is 16.7. The lowest BCUT2D eigenvalue weighted by molar-refractivity contribution is 0.0953. The molecule has 5 rings (SSSR count). The van der Waals surface area contributed by atoms with Crippen LogP contribution < -0.4 is 10.6 Å². The zero-order chi connectivity index (χ0) is 19.7. The number of aromatic nitrogens is 1. The van der Waals surface area contributed by atoms with Crippen molar-refractivity contribution in [2.24, 2.45) is 5.41 Å². The van der Waals surface area contributed by atoms with Crippen molar-refractivity contribution in [2.45, 2.75) is 63.5 Å². The van der Waals surface area contributed by atoms with Crippen molar-refractivity contribution in [3.63, 3.8) is 0 Å². The molecule has 1 saturated heterocycles. The first-order chi connectivity index (χ1) is 13.3. The van der Waals surface area contributed by atoms with Crippen LogP contribution in [0.3, 0.4) is 0 Å². The van der Waals surface area contributed by atoms with Crippen LogP contribution in [0.2, 0.25) is 5.02 Å². The summed E-state index contributed by atoms with van der Waals surface area (Å²) in [5.74, 6) is -0.157. The Bertz CT molecular complexity index is 947. The fourth-order valence-electron chi connectivity index (χ4n) is 5.86. The van der Waals surface area contributed by atoms with Crippen LogP contribution in [0.1, 0.15) is 62.3 Å². The molecule has 2 fully saturated rings. The van der Waals surface area contributed by atoms with Gasteiger partial charge < -0.3 is 10.6 Å². The normalized spacial score (nSPS) is 29.4. The Balaban J connectivity index is 1.66. The van der Waals surface area contributed by atoms with E-state index in [9.17, 15) is 0 Å². The van der Waals surface area contributed by atoms with E-state index in [0.717, 1.165) is 48.5 Å². The summed E-state index contributed by atoms with van der Waals surface area (Å²) in [4.78, 5) is 4.15. The third-order valence-electron chi connectivity index (χ3n) is 7.59. The molecule has 3 nitrogen and oxygen atoms in total. The third-order valence-corrected chi connectivity index (χ3v) is 7.82. The number of nitrogens with zero attached hydrogens (tertiary/aromatic N) is 1. The maximum Gasteiger partial charge on any atom is 0.148 e. The minimum atomic E-state index is -0.307. The Morgan fingerprint density at radius 3 is 2.61 bits per heavy atom. The quantitative estimate of drug-likeness (QED) is 0.662. The molecule has 28 heavy (non-hydrogen) atoms. The van der Waals surface area contributed by atoms with Gasteiger partial charge >= 0.3 is 0 Å². The van der Waals surface area contributed by atoms with Gasteiger partial charge in [-0.3, -0.25) is 4.98 Å². The number of benzene rings is 1. The van der Waals surface area contributed by atoms with Gasteiger partial charge in [-0.2, -0.15) is 0 Å². The lowest BCUT2D eigenvalue weighted by Crippen LogP contribution is -2.65. The summed E-state index contributed by atoms with van der Waals surface area (Å²) in [5.41, 5.74) is 3.55. The van der Waals surface area contributed by atoms with E-state index in [0.29, 0.717) is 11.1 Å². The number of hydrogen-bond donors (Lipinski definition) is 2. The van der Waals surface area contributed by atoms with Crippen molar-refractivity contribution >= 4 is 17.3 Å². The summed E-state index contributed by atoms with van der Waals surface area (Å²) in [5, 5.41) is 8.39. The minimum Gasteiger partial charge on any atom is -0.373 e. The summed E-state index contributed by atoms with van der Waals surface area (Å²) >= 11 is 6.24. The van der Waals surface area contributed by atoms with Gasteiger partial charge in [-0.1, -0.05) is 31.5 Å². The highest BCUT2D eigenvalue weighted by molar-refractivity contribution is 6.31. The van der Waals surface area contributed by atoms with Gasteiger partial charge in [0.15, 0.2) is 0 Å². The first-order valence-corrected chi connectivity index (χ1v) is 10.6. The number of aryl methyl sites for hydroxylation is 1. The highest BCUT2D eigenvalue weighted by Crippen LogP contribution is 2.63. The lowest BCUT2D eigenvalue weighted by Gasteiger charge is -2.59. The van der Waals surface area contributed by atoms with Crippen LogP contribution in [0.5, 0.6) is 0 Å². The van der Waals surface area contributed by atoms with E-state index in [-0.39, 0.29) is 22.8 Å². The van der Waals surface area contributed by atoms with Gasteiger partial charge in [0.25, 0.3) is 0 Å². The van der Waals surface area contributed by atoms with Crippen molar-refractivity contribution in [3.8, 4) is 0 Å². The third kappa shape index (κ3) is 2.34. The van der Waals surface area contributed by atoms with Crippen molar-refractivity contribution in [3.05, 3.63) is 58.1 Å². The molecular weight excluding hydrogens is 373 g/mol. The maximum absolute atomic E-state index is 15.1. The van der Waals surface area contributed by atoms with Crippen LogP contribution in [0.25, 0.3) is 0 Å². The highest BCUT2D eigenvalue weighted by Gasteiger charge is 2.66. The Morgan fingerprint density at radius 2 is 1.89 bits per heavy atom. The molecule has 0 amide bonds. The summed E-state index contributed by atoms with van der Waals surface area (Å²) in [6, 6.07) is 7.96. The van der Waals surface area contributed by atoms with Crippen molar-refractivity contribution in [1.82, 2.24) is 10.3 Å². The fraction of sp³-hybridized carbons (Fsp3) is 0.522. The standard InChI is InChI=1S/C23H27ClFN3/c1-14-20(25)16(6-11-26-14)18-13-27-22(9-7-21(2,3)8-10-22)23(18)17-5-4-15(24)12-19(17)28-23/h4-6,11-12,18,27-28H,7-10,13H2,1-3H3. The van der Waals surface area contributed by atoms with Gasteiger partial charge in [0, 0.05) is 40.5 Å². The van der Waals surface area contributed by atoms with Gasteiger partial charge in [0.1, 0.15) is 5.82 Å². The van der Waals surface area contributed by atoms with Gasteiger partial charge in [-0.15, -0.1) is 0 Å².